The maximum Gasteiger partial charge on any atom is 0.155 e. The summed E-state index contributed by atoms with van der Waals surface area (Å²) >= 11 is 0. The van der Waals surface area contributed by atoms with Gasteiger partial charge in [0.15, 0.2) is 5.82 Å². The van der Waals surface area contributed by atoms with Crippen molar-refractivity contribution in [2.24, 2.45) is 0 Å². The van der Waals surface area contributed by atoms with Crippen LogP contribution in [0, 0.1) is 6.92 Å². The summed E-state index contributed by atoms with van der Waals surface area (Å²) in [7, 11) is 0. The van der Waals surface area contributed by atoms with Crippen LogP contribution in [0.2, 0.25) is 0 Å². The Labute approximate surface area is 125 Å². The van der Waals surface area contributed by atoms with Crippen LogP contribution in [0.5, 0.6) is 0 Å². The van der Waals surface area contributed by atoms with Crippen molar-refractivity contribution in [2.45, 2.75) is 45.4 Å². The van der Waals surface area contributed by atoms with Gasteiger partial charge in [0, 0.05) is 30.8 Å². The predicted molar refractivity (Wildman–Crippen MR) is 81.4 cm³/mol. The van der Waals surface area contributed by atoms with Crippen LogP contribution < -0.4 is 4.90 Å². The molecule has 0 radical (unpaired) electrons. The molecule has 1 N–H and O–H groups in total. The van der Waals surface area contributed by atoms with Crippen LogP contribution in [0.15, 0.2) is 12.4 Å². The van der Waals surface area contributed by atoms with Gasteiger partial charge in [0.25, 0.3) is 0 Å². The van der Waals surface area contributed by atoms with Crippen LogP contribution in [0.3, 0.4) is 0 Å². The van der Waals surface area contributed by atoms with E-state index in [1.54, 1.807) is 6.33 Å². The minimum absolute atomic E-state index is 0.376. The van der Waals surface area contributed by atoms with Crippen molar-refractivity contribution in [3.63, 3.8) is 0 Å². The number of nitrogens with zero attached hydrogens (tertiary/aromatic N) is 5. The maximum atomic E-state index is 4.48. The molecular weight excluding hydrogens is 264 g/mol. The molecule has 3 heterocycles. The molecule has 6 nitrogen and oxygen atoms in total. The topological polar surface area (TPSA) is 70.6 Å². The smallest absolute Gasteiger partial charge is 0.155 e. The van der Waals surface area contributed by atoms with Crippen LogP contribution in [-0.4, -0.2) is 38.2 Å². The van der Waals surface area contributed by atoms with Gasteiger partial charge in [-0.05, 0) is 25.7 Å². The third-order valence-corrected chi connectivity index (χ3v) is 3.99. The molecule has 0 saturated carbocycles. The molecule has 2 aromatic heterocycles. The van der Waals surface area contributed by atoms with Crippen molar-refractivity contribution in [1.82, 2.24) is 25.1 Å². The zero-order valence-electron chi connectivity index (χ0n) is 12.9. The summed E-state index contributed by atoms with van der Waals surface area (Å²) in [4.78, 5) is 15.6. The van der Waals surface area contributed by atoms with Crippen molar-refractivity contribution in [1.29, 1.82) is 0 Å². The lowest BCUT2D eigenvalue weighted by atomic mass is 9.97. The molecule has 1 unspecified atom stereocenters. The Balaban J connectivity index is 1.78. The molecule has 112 valence electrons. The molecule has 1 aliphatic rings. The number of aromatic nitrogens is 5. The standard InChI is InChI=1S/C15H22N6/c1-10(2)13-7-14(17-9-16-13)21-6-4-5-12(8-21)15-18-11(3)19-20-15/h7,9-10,12H,4-6,8H2,1-3H3,(H,18,19,20). The van der Waals surface area contributed by atoms with E-state index in [1.165, 1.54) is 0 Å². The quantitative estimate of drug-likeness (QED) is 0.938. The predicted octanol–water partition coefficient (Wildman–Crippen LogP) is 2.41. The third kappa shape index (κ3) is 3.04. The number of aryl methyl sites for hydroxylation is 1. The minimum atomic E-state index is 0.376. The molecule has 1 atom stereocenters. The van der Waals surface area contributed by atoms with E-state index in [2.05, 4.69) is 50.0 Å². The third-order valence-electron chi connectivity index (χ3n) is 3.99. The highest BCUT2D eigenvalue weighted by Crippen LogP contribution is 2.28. The Bertz CT molecular complexity index is 606. The molecule has 1 aliphatic heterocycles. The molecule has 2 aromatic rings. The van der Waals surface area contributed by atoms with Gasteiger partial charge >= 0.3 is 0 Å². The number of hydrogen-bond acceptors (Lipinski definition) is 5. The number of aromatic amines is 1. The lowest BCUT2D eigenvalue weighted by molar-refractivity contribution is 0.489. The summed E-state index contributed by atoms with van der Waals surface area (Å²) in [6.45, 7) is 8.21. The summed E-state index contributed by atoms with van der Waals surface area (Å²) in [5.41, 5.74) is 1.09. The van der Waals surface area contributed by atoms with Crippen molar-refractivity contribution in [2.75, 3.05) is 18.0 Å². The molecule has 0 spiro atoms. The van der Waals surface area contributed by atoms with Gasteiger partial charge in [0.1, 0.15) is 18.0 Å². The first kappa shape index (κ1) is 14.0. The van der Waals surface area contributed by atoms with Gasteiger partial charge in [-0.1, -0.05) is 13.8 Å². The summed E-state index contributed by atoms with van der Waals surface area (Å²) < 4.78 is 0. The zero-order chi connectivity index (χ0) is 14.8. The van der Waals surface area contributed by atoms with Gasteiger partial charge < -0.3 is 4.90 Å². The molecule has 0 aliphatic carbocycles. The van der Waals surface area contributed by atoms with E-state index in [9.17, 15) is 0 Å². The SMILES string of the molecule is Cc1nc(C2CCCN(c3cc(C(C)C)ncn3)C2)n[nH]1. The van der Waals surface area contributed by atoms with Crippen molar-refractivity contribution >= 4 is 5.82 Å². The number of anilines is 1. The lowest BCUT2D eigenvalue weighted by Gasteiger charge is -2.32. The largest absolute Gasteiger partial charge is 0.356 e. The molecule has 0 amide bonds. The van der Waals surface area contributed by atoms with Crippen LogP contribution >= 0.6 is 0 Å². The minimum Gasteiger partial charge on any atom is -0.356 e. The number of hydrogen-bond donors (Lipinski definition) is 1. The molecule has 3 rings (SSSR count). The normalized spacial score (nSPS) is 19.2. The van der Waals surface area contributed by atoms with Gasteiger partial charge in [-0.3, -0.25) is 5.10 Å². The highest BCUT2D eigenvalue weighted by molar-refractivity contribution is 5.40. The van der Waals surface area contributed by atoms with Gasteiger partial charge in [-0.25, -0.2) is 15.0 Å². The number of H-pyrrole nitrogens is 1. The Morgan fingerprint density at radius 2 is 2.19 bits per heavy atom. The van der Waals surface area contributed by atoms with Gasteiger partial charge in [0.05, 0.1) is 0 Å². The van der Waals surface area contributed by atoms with E-state index >= 15 is 0 Å². The Morgan fingerprint density at radius 3 is 2.90 bits per heavy atom. The Hall–Kier alpha value is -1.98. The zero-order valence-corrected chi connectivity index (χ0v) is 12.9. The second-order valence-corrected chi connectivity index (χ2v) is 6.02. The first-order valence-corrected chi connectivity index (χ1v) is 7.59. The van der Waals surface area contributed by atoms with Crippen LogP contribution in [0.25, 0.3) is 0 Å². The molecule has 6 heteroatoms. The van der Waals surface area contributed by atoms with E-state index < -0.39 is 0 Å². The monoisotopic (exact) mass is 286 g/mol. The van der Waals surface area contributed by atoms with E-state index in [1.807, 2.05) is 6.92 Å². The fourth-order valence-corrected chi connectivity index (χ4v) is 2.79. The molecular formula is C15H22N6. The highest BCUT2D eigenvalue weighted by atomic mass is 15.2. The van der Waals surface area contributed by atoms with Crippen LogP contribution in [0.1, 0.15) is 55.9 Å². The van der Waals surface area contributed by atoms with E-state index in [0.717, 1.165) is 49.1 Å². The molecule has 0 aromatic carbocycles. The van der Waals surface area contributed by atoms with E-state index in [4.69, 9.17) is 0 Å². The Kier molecular flexibility index (Phi) is 3.86. The average Bonchev–Trinajstić information content (AvgIpc) is 2.94. The number of rotatable bonds is 3. The van der Waals surface area contributed by atoms with Crippen LogP contribution in [0.4, 0.5) is 5.82 Å². The first-order valence-electron chi connectivity index (χ1n) is 7.59. The van der Waals surface area contributed by atoms with E-state index in [0.29, 0.717) is 11.8 Å². The second kappa shape index (κ2) is 5.79. The molecule has 1 saturated heterocycles. The highest BCUT2D eigenvalue weighted by Gasteiger charge is 2.25. The Morgan fingerprint density at radius 1 is 1.33 bits per heavy atom. The number of nitrogens with one attached hydrogen (secondary N) is 1. The van der Waals surface area contributed by atoms with E-state index in [-0.39, 0.29) is 0 Å². The fraction of sp³-hybridized carbons (Fsp3) is 0.600. The van der Waals surface area contributed by atoms with Gasteiger partial charge in [0.2, 0.25) is 0 Å². The first-order chi connectivity index (χ1) is 10.1. The summed E-state index contributed by atoms with van der Waals surface area (Å²) in [5, 5.41) is 7.26. The summed E-state index contributed by atoms with van der Waals surface area (Å²) in [6.07, 6.45) is 3.94. The maximum absolute atomic E-state index is 4.48. The fourth-order valence-electron chi connectivity index (χ4n) is 2.79. The van der Waals surface area contributed by atoms with Gasteiger partial charge in [-0.15, -0.1) is 0 Å². The van der Waals surface area contributed by atoms with Crippen molar-refractivity contribution in [3.05, 3.63) is 29.7 Å². The van der Waals surface area contributed by atoms with Crippen molar-refractivity contribution < 1.29 is 0 Å². The second-order valence-electron chi connectivity index (χ2n) is 6.02. The van der Waals surface area contributed by atoms with Crippen LogP contribution in [-0.2, 0) is 0 Å². The summed E-state index contributed by atoms with van der Waals surface area (Å²) in [6, 6.07) is 2.11. The lowest BCUT2D eigenvalue weighted by Crippen LogP contribution is -2.35. The summed E-state index contributed by atoms with van der Waals surface area (Å²) in [5.74, 6) is 3.62. The van der Waals surface area contributed by atoms with Crippen molar-refractivity contribution in [3.8, 4) is 0 Å². The number of piperidine rings is 1. The average molecular weight is 286 g/mol. The molecule has 21 heavy (non-hydrogen) atoms. The van der Waals surface area contributed by atoms with Gasteiger partial charge in [-0.2, -0.15) is 5.10 Å². The molecule has 1 fully saturated rings. The molecule has 0 bridgehead atoms.